The molecule has 10 heteroatoms. The van der Waals surface area contributed by atoms with Crippen LogP contribution in [0.15, 0.2) is 41.4 Å². The molecule has 1 aromatic carbocycles. The molecule has 4 rings (SSSR count). The Bertz CT molecular complexity index is 1170. The third-order valence-electron chi connectivity index (χ3n) is 6.21. The van der Waals surface area contributed by atoms with Gasteiger partial charge in [0.2, 0.25) is 15.9 Å². The van der Waals surface area contributed by atoms with E-state index in [2.05, 4.69) is 10.3 Å². The molecule has 2 amide bonds. The number of aromatic nitrogens is 1. The van der Waals surface area contributed by atoms with Crippen LogP contribution in [-0.2, 0) is 14.8 Å². The first-order valence-electron chi connectivity index (χ1n) is 11.2. The number of rotatable bonds is 6. The van der Waals surface area contributed by atoms with Gasteiger partial charge in [-0.3, -0.25) is 14.4 Å². The maximum Gasteiger partial charge on any atom is 0.270 e. The third kappa shape index (κ3) is 5.01. The lowest BCUT2D eigenvalue weighted by Crippen LogP contribution is -2.43. The van der Waals surface area contributed by atoms with Gasteiger partial charge in [-0.25, -0.2) is 8.42 Å². The number of likely N-dealkylation sites (tertiary alicyclic amines) is 1. The molecule has 176 valence electrons. The first-order valence-corrected chi connectivity index (χ1v) is 12.6. The zero-order chi connectivity index (χ0) is 23.6. The summed E-state index contributed by atoms with van der Waals surface area (Å²) in [6, 6.07) is 8.05. The highest BCUT2D eigenvalue weighted by molar-refractivity contribution is 7.89. The summed E-state index contributed by atoms with van der Waals surface area (Å²) < 4.78 is 27.7. The fourth-order valence-corrected chi connectivity index (χ4v) is 5.84. The molecule has 2 aromatic rings. The van der Waals surface area contributed by atoms with Crippen LogP contribution in [-0.4, -0.2) is 66.4 Å². The van der Waals surface area contributed by atoms with Crippen LogP contribution >= 0.6 is 0 Å². The summed E-state index contributed by atoms with van der Waals surface area (Å²) in [5.74, 6) is -1.10. The van der Waals surface area contributed by atoms with Crippen LogP contribution in [0.5, 0.6) is 0 Å². The number of nitrogens with one attached hydrogen (secondary N) is 2. The van der Waals surface area contributed by atoms with Gasteiger partial charge in [-0.15, -0.1) is 0 Å². The van der Waals surface area contributed by atoms with Crippen molar-refractivity contribution in [2.75, 3.05) is 31.5 Å². The lowest BCUT2D eigenvalue weighted by molar-refractivity contribution is -0.120. The van der Waals surface area contributed by atoms with Crippen LogP contribution in [0.4, 0.5) is 5.69 Å². The van der Waals surface area contributed by atoms with Gasteiger partial charge in [-0.1, -0.05) is 12.1 Å². The van der Waals surface area contributed by atoms with Gasteiger partial charge in [0.15, 0.2) is 5.78 Å². The van der Waals surface area contributed by atoms with Crippen molar-refractivity contribution < 1.29 is 22.8 Å². The van der Waals surface area contributed by atoms with Crippen LogP contribution < -0.4 is 5.32 Å². The maximum absolute atomic E-state index is 13.2. The van der Waals surface area contributed by atoms with Gasteiger partial charge in [-0.05, 0) is 50.8 Å². The van der Waals surface area contributed by atoms with Crippen LogP contribution in [0.2, 0.25) is 0 Å². The Labute approximate surface area is 193 Å². The van der Waals surface area contributed by atoms with Crippen molar-refractivity contribution in [3.8, 4) is 0 Å². The van der Waals surface area contributed by atoms with Crippen molar-refractivity contribution >= 4 is 33.3 Å². The Kier molecular flexibility index (Phi) is 6.66. The summed E-state index contributed by atoms with van der Waals surface area (Å²) in [4.78, 5) is 41.5. The van der Waals surface area contributed by atoms with Gasteiger partial charge < -0.3 is 15.2 Å². The number of carbonyl (C=O) groups excluding carboxylic acids is 3. The minimum absolute atomic E-state index is 0.0280. The lowest BCUT2D eigenvalue weighted by Gasteiger charge is -2.31. The second kappa shape index (κ2) is 9.48. The molecular weight excluding hydrogens is 444 g/mol. The standard InChI is InChI=1S/C23H28N4O5S/c1-16(28)17-6-4-8-19(12-17)25-22(29)18-7-5-11-27(15-18)33(31,32)20-13-21(24-14-20)23(30)26-9-2-3-10-26/h4,6,8,12-14,18,24H,2-3,5,7,9-11,15H2,1H3,(H,25,29)/t18-/m0/s1. The predicted molar refractivity (Wildman–Crippen MR) is 122 cm³/mol. The molecule has 2 aliphatic heterocycles. The normalized spacial score (nSPS) is 19.4. The van der Waals surface area contributed by atoms with Crippen LogP contribution in [0.1, 0.15) is 53.5 Å². The highest BCUT2D eigenvalue weighted by Gasteiger charge is 2.34. The molecule has 2 fully saturated rings. The number of piperidine rings is 1. The fraction of sp³-hybridized carbons (Fsp3) is 0.435. The molecule has 0 radical (unpaired) electrons. The van der Waals surface area contributed by atoms with Gasteiger partial charge in [0, 0.05) is 43.6 Å². The zero-order valence-corrected chi connectivity index (χ0v) is 19.4. The number of anilines is 1. The lowest BCUT2D eigenvalue weighted by atomic mass is 9.98. The smallest absolute Gasteiger partial charge is 0.270 e. The van der Waals surface area contributed by atoms with E-state index in [1.807, 2.05) is 0 Å². The highest BCUT2D eigenvalue weighted by atomic mass is 32.2. The van der Waals surface area contributed by atoms with Gasteiger partial charge in [0.05, 0.1) is 5.92 Å². The minimum Gasteiger partial charge on any atom is -0.356 e. The van der Waals surface area contributed by atoms with Gasteiger partial charge in [0.25, 0.3) is 5.91 Å². The Hall–Kier alpha value is -2.98. The number of nitrogens with zero attached hydrogens (tertiary/aromatic N) is 2. The number of carbonyl (C=O) groups is 3. The van der Waals surface area contributed by atoms with Gasteiger partial charge in [0.1, 0.15) is 10.6 Å². The minimum atomic E-state index is -3.85. The second-order valence-corrected chi connectivity index (χ2v) is 10.5. The van der Waals surface area contributed by atoms with E-state index < -0.39 is 15.9 Å². The van der Waals surface area contributed by atoms with E-state index in [4.69, 9.17) is 0 Å². The summed E-state index contributed by atoms with van der Waals surface area (Å²) >= 11 is 0. The average molecular weight is 473 g/mol. The molecule has 0 saturated carbocycles. The summed E-state index contributed by atoms with van der Waals surface area (Å²) in [6.07, 6.45) is 4.36. The molecule has 33 heavy (non-hydrogen) atoms. The Balaban J connectivity index is 1.44. The Morgan fingerprint density at radius 3 is 2.55 bits per heavy atom. The largest absolute Gasteiger partial charge is 0.356 e. The van der Waals surface area contributed by atoms with Crippen molar-refractivity contribution in [3.63, 3.8) is 0 Å². The zero-order valence-electron chi connectivity index (χ0n) is 18.5. The van der Waals surface area contributed by atoms with Gasteiger partial charge >= 0.3 is 0 Å². The summed E-state index contributed by atoms with van der Waals surface area (Å²) in [5, 5.41) is 2.80. The van der Waals surface area contributed by atoms with E-state index in [9.17, 15) is 22.8 Å². The number of amides is 2. The van der Waals surface area contributed by atoms with Crippen molar-refractivity contribution in [1.29, 1.82) is 0 Å². The molecule has 2 N–H and O–H groups in total. The average Bonchev–Trinajstić information content (AvgIpc) is 3.52. The summed E-state index contributed by atoms with van der Waals surface area (Å²) in [6.45, 7) is 3.18. The molecule has 2 saturated heterocycles. The number of Topliss-reactive ketones (excluding diaryl/α,β-unsaturated/α-hetero) is 1. The number of hydrogen-bond donors (Lipinski definition) is 2. The highest BCUT2D eigenvalue weighted by Crippen LogP contribution is 2.26. The van der Waals surface area contributed by atoms with Gasteiger partial charge in [-0.2, -0.15) is 4.31 Å². The number of benzene rings is 1. The Morgan fingerprint density at radius 1 is 1.06 bits per heavy atom. The molecular formula is C23H28N4O5S. The molecule has 1 aromatic heterocycles. The molecule has 0 unspecified atom stereocenters. The molecule has 0 aliphatic carbocycles. The predicted octanol–water partition coefficient (Wildman–Crippen LogP) is 2.49. The summed E-state index contributed by atoms with van der Waals surface area (Å²) in [5.41, 5.74) is 1.25. The molecule has 1 atom stereocenters. The number of H-pyrrole nitrogens is 1. The van der Waals surface area contributed by atoms with E-state index in [1.165, 1.54) is 23.5 Å². The summed E-state index contributed by atoms with van der Waals surface area (Å²) in [7, 11) is -3.85. The molecule has 0 bridgehead atoms. The van der Waals surface area contributed by atoms with E-state index in [1.54, 1.807) is 29.2 Å². The van der Waals surface area contributed by atoms with Crippen molar-refractivity contribution in [2.45, 2.75) is 37.5 Å². The number of aromatic amines is 1. The van der Waals surface area contributed by atoms with Crippen molar-refractivity contribution in [3.05, 3.63) is 47.8 Å². The van der Waals surface area contributed by atoms with E-state index >= 15 is 0 Å². The second-order valence-electron chi connectivity index (χ2n) is 8.58. The number of ketones is 1. The van der Waals surface area contributed by atoms with Crippen LogP contribution in [0.3, 0.4) is 0 Å². The Morgan fingerprint density at radius 2 is 1.82 bits per heavy atom. The number of sulfonamides is 1. The maximum atomic E-state index is 13.2. The molecule has 3 heterocycles. The first kappa shape index (κ1) is 23.2. The number of hydrogen-bond acceptors (Lipinski definition) is 5. The van der Waals surface area contributed by atoms with Crippen molar-refractivity contribution in [2.24, 2.45) is 5.92 Å². The topological polar surface area (TPSA) is 120 Å². The molecule has 9 nitrogen and oxygen atoms in total. The molecule has 2 aliphatic rings. The SMILES string of the molecule is CC(=O)c1cccc(NC(=O)[C@H]2CCCN(S(=O)(=O)c3c[nH]c(C(=O)N4CCCC4)c3)C2)c1. The fourth-order valence-electron chi connectivity index (χ4n) is 4.32. The van der Waals surface area contributed by atoms with Crippen molar-refractivity contribution in [1.82, 2.24) is 14.2 Å². The van der Waals surface area contributed by atoms with E-state index in [0.29, 0.717) is 43.7 Å². The first-order chi connectivity index (χ1) is 15.8. The monoisotopic (exact) mass is 472 g/mol. The van der Waals surface area contributed by atoms with E-state index in [-0.39, 0.29) is 34.7 Å². The van der Waals surface area contributed by atoms with E-state index in [0.717, 1.165) is 12.8 Å². The van der Waals surface area contributed by atoms with Crippen LogP contribution in [0, 0.1) is 5.92 Å². The third-order valence-corrected chi connectivity index (χ3v) is 8.05. The quantitative estimate of drug-likeness (QED) is 0.626. The van der Waals surface area contributed by atoms with Crippen LogP contribution in [0.25, 0.3) is 0 Å². The molecule has 0 spiro atoms.